The van der Waals surface area contributed by atoms with Crippen molar-refractivity contribution in [3.05, 3.63) is 23.3 Å². The number of carbonyl (C=O) groups is 1. The second-order valence-electron chi connectivity index (χ2n) is 7.14. The Morgan fingerprint density at radius 2 is 2.12 bits per heavy atom. The topological polar surface area (TPSA) is 98.2 Å². The Morgan fingerprint density at radius 1 is 1.42 bits per heavy atom. The molecule has 0 aromatic carbocycles. The molecule has 2 aromatic heterocycles. The molecule has 7 heteroatoms. The number of aryl methyl sites for hydroxylation is 2. The van der Waals surface area contributed by atoms with E-state index < -0.39 is 0 Å². The van der Waals surface area contributed by atoms with Crippen molar-refractivity contribution in [2.24, 2.45) is 11.7 Å². The lowest BCUT2D eigenvalue weighted by molar-refractivity contribution is -0.122. The summed E-state index contributed by atoms with van der Waals surface area (Å²) in [6, 6.07) is 0. The highest BCUT2D eigenvalue weighted by atomic mass is 16.1. The van der Waals surface area contributed by atoms with Crippen LogP contribution < -0.4 is 11.1 Å². The van der Waals surface area contributed by atoms with Crippen LogP contribution in [0.1, 0.15) is 50.6 Å². The summed E-state index contributed by atoms with van der Waals surface area (Å²) in [7, 11) is 0. The number of hydrogen-bond donors (Lipinski definition) is 2. The van der Waals surface area contributed by atoms with Crippen molar-refractivity contribution in [1.29, 1.82) is 0 Å². The van der Waals surface area contributed by atoms with Gasteiger partial charge in [-0.2, -0.15) is 10.1 Å². The maximum atomic E-state index is 12.4. The number of nitrogens with two attached hydrogens (primary N) is 1. The lowest BCUT2D eigenvalue weighted by Crippen LogP contribution is -2.52. The quantitative estimate of drug-likeness (QED) is 0.801. The van der Waals surface area contributed by atoms with E-state index in [9.17, 15) is 4.79 Å². The SMILES string of the molecule is Cc1nc2ncnn2c(C)c1CCC(=O)NC(C)(CN)CC(C)C. The van der Waals surface area contributed by atoms with E-state index in [0.29, 0.717) is 31.1 Å². The highest BCUT2D eigenvalue weighted by Gasteiger charge is 2.25. The van der Waals surface area contributed by atoms with Gasteiger partial charge in [0.25, 0.3) is 5.78 Å². The van der Waals surface area contributed by atoms with Crippen LogP contribution in [0.3, 0.4) is 0 Å². The van der Waals surface area contributed by atoms with Gasteiger partial charge in [-0.25, -0.2) is 9.50 Å². The number of amides is 1. The number of nitrogens with zero attached hydrogens (tertiary/aromatic N) is 4. The van der Waals surface area contributed by atoms with Crippen molar-refractivity contribution in [3.63, 3.8) is 0 Å². The van der Waals surface area contributed by atoms with E-state index in [1.807, 2.05) is 20.8 Å². The first kappa shape index (κ1) is 18.3. The van der Waals surface area contributed by atoms with Crippen LogP contribution in [0.15, 0.2) is 6.33 Å². The molecule has 0 spiro atoms. The molecule has 0 aliphatic heterocycles. The maximum Gasteiger partial charge on any atom is 0.252 e. The van der Waals surface area contributed by atoms with Gasteiger partial charge in [0.15, 0.2) is 0 Å². The molecule has 0 radical (unpaired) electrons. The zero-order valence-electron chi connectivity index (χ0n) is 15.3. The van der Waals surface area contributed by atoms with Crippen molar-refractivity contribution >= 4 is 11.7 Å². The molecule has 24 heavy (non-hydrogen) atoms. The fraction of sp³-hybridized carbons (Fsp3) is 0.647. The molecular formula is C17H28N6O. The lowest BCUT2D eigenvalue weighted by atomic mass is 9.90. The molecule has 1 amide bonds. The highest BCUT2D eigenvalue weighted by Crippen LogP contribution is 2.17. The summed E-state index contributed by atoms with van der Waals surface area (Å²) in [5.41, 5.74) is 8.42. The molecule has 0 saturated heterocycles. The molecule has 0 bridgehead atoms. The van der Waals surface area contributed by atoms with Crippen LogP contribution in [-0.2, 0) is 11.2 Å². The van der Waals surface area contributed by atoms with Gasteiger partial charge in [-0.05, 0) is 45.1 Å². The lowest BCUT2D eigenvalue weighted by Gasteiger charge is -2.31. The third-order valence-electron chi connectivity index (χ3n) is 4.34. The van der Waals surface area contributed by atoms with Gasteiger partial charge in [-0.1, -0.05) is 13.8 Å². The van der Waals surface area contributed by atoms with Crippen molar-refractivity contribution < 1.29 is 4.79 Å². The van der Waals surface area contributed by atoms with E-state index >= 15 is 0 Å². The first-order valence-electron chi connectivity index (χ1n) is 8.42. The molecule has 0 aliphatic rings. The summed E-state index contributed by atoms with van der Waals surface area (Å²) >= 11 is 0. The first-order valence-corrected chi connectivity index (χ1v) is 8.42. The van der Waals surface area contributed by atoms with Crippen LogP contribution in [0.4, 0.5) is 0 Å². The molecule has 0 aliphatic carbocycles. The van der Waals surface area contributed by atoms with Crippen LogP contribution in [0.5, 0.6) is 0 Å². The number of rotatable bonds is 7. The van der Waals surface area contributed by atoms with E-state index in [1.54, 1.807) is 4.52 Å². The van der Waals surface area contributed by atoms with E-state index in [4.69, 9.17) is 5.73 Å². The fourth-order valence-electron chi connectivity index (χ4n) is 3.24. The van der Waals surface area contributed by atoms with Crippen LogP contribution in [0.2, 0.25) is 0 Å². The van der Waals surface area contributed by atoms with Crippen LogP contribution in [0, 0.1) is 19.8 Å². The largest absolute Gasteiger partial charge is 0.350 e. The van der Waals surface area contributed by atoms with Crippen molar-refractivity contribution in [2.75, 3.05) is 6.54 Å². The van der Waals surface area contributed by atoms with Crippen molar-refractivity contribution in [3.8, 4) is 0 Å². The van der Waals surface area contributed by atoms with Gasteiger partial charge < -0.3 is 11.1 Å². The third-order valence-corrected chi connectivity index (χ3v) is 4.34. The Labute approximate surface area is 143 Å². The standard InChI is InChI=1S/C17H28N6O/c1-11(2)8-17(5,9-18)22-15(24)7-6-14-12(3)21-16-19-10-20-23(16)13(14)4/h10-11H,6-9,18H2,1-5H3,(H,22,24). The summed E-state index contributed by atoms with van der Waals surface area (Å²) in [6.07, 6.45) is 3.37. The summed E-state index contributed by atoms with van der Waals surface area (Å²) in [6.45, 7) is 10.6. The van der Waals surface area contributed by atoms with Gasteiger partial charge in [0.05, 0.1) is 0 Å². The molecule has 1 atom stereocenters. The van der Waals surface area contributed by atoms with Gasteiger partial charge in [0, 0.05) is 29.9 Å². The molecule has 0 fully saturated rings. The van der Waals surface area contributed by atoms with Gasteiger partial charge in [-0.15, -0.1) is 0 Å². The Kier molecular flexibility index (Phi) is 5.54. The van der Waals surface area contributed by atoms with E-state index in [2.05, 4.69) is 34.2 Å². The predicted molar refractivity (Wildman–Crippen MR) is 93.6 cm³/mol. The van der Waals surface area contributed by atoms with E-state index in [1.165, 1.54) is 6.33 Å². The van der Waals surface area contributed by atoms with Gasteiger partial charge in [-0.3, -0.25) is 4.79 Å². The van der Waals surface area contributed by atoms with Gasteiger partial charge in [0.1, 0.15) is 6.33 Å². The fourth-order valence-corrected chi connectivity index (χ4v) is 3.24. The molecule has 0 saturated carbocycles. The summed E-state index contributed by atoms with van der Waals surface area (Å²) in [5, 5.41) is 7.28. The van der Waals surface area contributed by atoms with E-state index in [0.717, 1.165) is 23.4 Å². The van der Waals surface area contributed by atoms with Crippen molar-refractivity contribution in [2.45, 2.75) is 59.4 Å². The van der Waals surface area contributed by atoms with Crippen molar-refractivity contribution in [1.82, 2.24) is 24.9 Å². The van der Waals surface area contributed by atoms with E-state index in [-0.39, 0.29) is 11.4 Å². The summed E-state index contributed by atoms with van der Waals surface area (Å²) in [4.78, 5) is 20.9. The minimum Gasteiger partial charge on any atom is -0.350 e. The maximum absolute atomic E-state index is 12.4. The number of aromatic nitrogens is 4. The van der Waals surface area contributed by atoms with Crippen LogP contribution >= 0.6 is 0 Å². The minimum absolute atomic E-state index is 0.0149. The molecule has 7 nitrogen and oxygen atoms in total. The molecule has 2 heterocycles. The normalized spacial score (nSPS) is 14.1. The molecule has 3 N–H and O–H groups in total. The Morgan fingerprint density at radius 3 is 2.75 bits per heavy atom. The number of hydrogen-bond acceptors (Lipinski definition) is 5. The average molecular weight is 332 g/mol. The third kappa shape index (κ3) is 4.08. The van der Waals surface area contributed by atoms with Gasteiger partial charge in [0.2, 0.25) is 5.91 Å². The summed E-state index contributed by atoms with van der Waals surface area (Å²) < 4.78 is 1.71. The smallest absolute Gasteiger partial charge is 0.252 e. The average Bonchev–Trinajstić information content (AvgIpc) is 2.94. The highest BCUT2D eigenvalue weighted by molar-refractivity contribution is 5.77. The predicted octanol–water partition coefficient (Wildman–Crippen LogP) is 1.55. The zero-order chi connectivity index (χ0) is 17.9. The molecular weight excluding hydrogens is 304 g/mol. The summed E-state index contributed by atoms with van der Waals surface area (Å²) in [5.74, 6) is 1.08. The number of nitrogens with one attached hydrogen (secondary N) is 1. The Hall–Kier alpha value is -2.02. The molecule has 2 aromatic rings. The van der Waals surface area contributed by atoms with Crippen LogP contribution in [-0.4, -0.2) is 37.6 Å². The second-order valence-corrected chi connectivity index (χ2v) is 7.14. The Balaban J connectivity index is 2.06. The number of fused-ring (bicyclic) bond motifs is 1. The zero-order valence-corrected chi connectivity index (χ0v) is 15.3. The van der Waals surface area contributed by atoms with Crippen LogP contribution in [0.25, 0.3) is 5.78 Å². The molecule has 2 rings (SSSR count). The number of carbonyl (C=O) groups excluding carboxylic acids is 1. The molecule has 132 valence electrons. The second kappa shape index (κ2) is 7.25. The monoisotopic (exact) mass is 332 g/mol. The van der Waals surface area contributed by atoms with Gasteiger partial charge >= 0.3 is 0 Å². The Bertz CT molecular complexity index is 723. The molecule has 1 unspecified atom stereocenters. The first-order chi connectivity index (χ1) is 11.3. The minimum atomic E-state index is -0.358.